The average Bonchev–Trinajstić information content (AvgIpc) is 2.96. The van der Waals surface area contributed by atoms with E-state index in [9.17, 15) is 17.6 Å². The van der Waals surface area contributed by atoms with Gasteiger partial charge in [0.05, 0.1) is 6.54 Å². The summed E-state index contributed by atoms with van der Waals surface area (Å²) in [5.41, 5.74) is 0.829. The maximum absolute atomic E-state index is 13.3. The van der Waals surface area contributed by atoms with Crippen LogP contribution < -0.4 is 5.32 Å². The number of hydrogen-bond acceptors (Lipinski definition) is 2. The molecule has 0 amide bonds. The van der Waals surface area contributed by atoms with Gasteiger partial charge in [0.2, 0.25) is 0 Å². The number of benzene rings is 1. The molecule has 1 fully saturated rings. The quantitative estimate of drug-likeness (QED) is 0.472. The van der Waals surface area contributed by atoms with Crippen molar-refractivity contribution in [3.05, 3.63) is 35.6 Å². The molecular formula is C18H26F4N4. The van der Waals surface area contributed by atoms with Gasteiger partial charge in [-0.05, 0) is 43.5 Å². The number of hydrogen-bond donors (Lipinski definition) is 1. The second-order valence-electron chi connectivity index (χ2n) is 6.69. The number of halogens is 4. The first-order chi connectivity index (χ1) is 12.3. The van der Waals surface area contributed by atoms with E-state index < -0.39 is 12.7 Å². The normalized spacial score (nSPS) is 19.0. The van der Waals surface area contributed by atoms with Gasteiger partial charge < -0.3 is 10.2 Å². The van der Waals surface area contributed by atoms with Gasteiger partial charge in [-0.2, -0.15) is 13.2 Å². The second kappa shape index (κ2) is 9.21. The fourth-order valence-corrected chi connectivity index (χ4v) is 3.13. The predicted octanol–water partition coefficient (Wildman–Crippen LogP) is 3.11. The predicted molar refractivity (Wildman–Crippen MR) is 94.4 cm³/mol. The van der Waals surface area contributed by atoms with Gasteiger partial charge in [0.15, 0.2) is 5.96 Å². The zero-order valence-corrected chi connectivity index (χ0v) is 15.2. The van der Waals surface area contributed by atoms with Crippen LogP contribution in [0.3, 0.4) is 0 Å². The van der Waals surface area contributed by atoms with Crippen LogP contribution in [-0.2, 0) is 6.54 Å². The molecule has 1 N–H and O–H groups in total. The minimum absolute atomic E-state index is 0.119. The Morgan fingerprint density at radius 2 is 2.15 bits per heavy atom. The number of guanidine groups is 1. The highest BCUT2D eigenvalue weighted by atomic mass is 19.4. The first-order valence-electron chi connectivity index (χ1n) is 8.80. The number of nitrogens with one attached hydrogen (secondary N) is 1. The van der Waals surface area contributed by atoms with Crippen molar-refractivity contribution in [3.8, 4) is 0 Å². The molecule has 1 aliphatic heterocycles. The van der Waals surface area contributed by atoms with Gasteiger partial charge in [0.1, 0.15) is 5.82 Å². The van der Waals surface area contributed by atoms with Gasteiger partial charge in [0.25, 0.3) is 0 Å². The van der Waals surface area contributed by atoms with Crippen LogP contribution in [0, 0.1) is 11.7 Å². The van der Waals surface area contributed by atoms with Crippen LogP contribution >= 0.6 is 0 Å². The molecule has 146 valence electrons. The largest absolute Gasteiger partial charge is 0.401 e. The summed E-state index contributed by atoms with van der Waals surface area (Å²) in [5, 5.41) is 3.18. The molecule has 8 heteroatoms. The van der Waals surface area contributed by atoms with Gasteiger partial charge in [-0.15, -0.1) is 0 Å². The summed E-state index contributed by atoms with van der Waals surface area (Å²) in [7, 11) is 1.86. The molecule has 1 aliphatic rings. The van der Waals surface area contributed by atoms with E-state index in [4.69, 9.17) is 0 Å². The zero-order chi connectivity index (χ0) is 19.2. The number of likely N-dealkylation sites (tertiary alicyclic amines) is 1. The average molecular weight is 374 g/mol. The number of alkyl halides is 3. The van der Waals surface area contributed by atoms with Crippen molar-refractivity contribution in [1.82, 2.24) is 15.1 Å². The smallest absolute Gasteiger partial charge is 0.357 e. The van der Waals surface area contributed by atoms with E-state index in [1.807, 2.05) is 24.9 Å². The van der Waals surface area contributed by atoms with Crippen LogP contribution in [0.1, 0.15) is 18.9 Å². The van der Waals surface area contributed by atoms with Crippen LogP contribution in [0.25, 0.3) is 0 Å². The molecule has 1 unspecified atom stereocenters. The van der Waals surface area contributed by atoms with Crippen molar-refractivity contribution in [2.75, 3.05) is 39.8 Å². The fourth-order valence-electron chi connectivity index (χ4n) is 3.13. The van der Waals surface area contributed by atoms with E-state index >= 15 is 0 Å². The summed E-state index contributed by atoms with van der Waals surface area (Å²) >= 11 is 0. The Balaban J connectivity index is 1.91. The molecule has 0 bridgehead atoms. The third-order valence-corrected chi connectivity index (χ3v) is 4.28. The fraction of sp³-hybridized carbons (Fsp3) is 0.611. The molecule has 0 spiro atoms. The molecule has 2 rings (SSSR count). The lowest BCUT2D eigenvalue weighted by Crippen LogP contribution is -2.39. The minimum atomic E-state index is -4.15. The van der Waals surface area contributed by atoms with Gasteiger partial charge in [-0.3, -0.25) is 9.89 Å². The zero-order valence-electron chi connectivity index (χ0n) is 15.2. The van der Waals surface area contributed by atoms with E-state index in [2.05, 4.69) is 10.3 Å². The van der Waals surface area contributed by atoms with Crippen molar-refractivity contribution in [3.63, 3.8) is 0 Å². The Morgan fingerprint density at radius 1 is 1.38 bits per heavy atom. The van der Waals surface area contributed by atoms with Gasteiger partial charge in [-0.1, -0.05) is 12.1 Å². The molecule has 26 heavy (non-hydrogen) atoms. The molecule has 1 saturated heterocycles. The molecule has 1 atom stereocenters. The summed E-state index contributed by atoms with van der Waals surface area (Å²) in [5.74, 6) is 0.508. The lowest BCUT2D eigenvalue weighted by Gasteiger charge is -2.23. The molecule has 0 aliphatic carbocycles. The topological polar surface area (TPSA) is 30.9 Å². The summed E-state index contributed by atoms with van der Waals surface area (Å²) in [6.07, 6.45) is -3.44. The summed E-state index contributed by atoms with van der Waals surface area (Å²) in [4.78, 5) is 7.90. The molecule has 0 aromatic heterocycles. The molecule has 0 saturated carbocycles. The lowest BCUT2D eigenvalue weighted by atomic mass is 10.1. The maximum atomic E-state index is 13.3. The number of nitrogens with zero attached hydrogens (tertiary/aromatic N) is 3. The van der Waals surface area contributed by atoms with E-state index in [1.165, 1.54) is 17.0 Å². The number of aliphatic imine (C=N–C) groups is 1. The Labute approximate surface area is 151 Å². The van der Waals surface area contributed by atoms with Crippen LogP contribution in [0.5, 0.6) is 0 Å². The third-order valence-electron chi connectivity index (χ3n) is 4.28. The van der Waals surface area contributed by atoms with E-state index in [0.717, 1.165) is 5.56 Å². The van der Waals surface area contributed by atoms with Crippen molar-refractivity contribution >= 4 is 5.96 Å². The van der Waals surface area contributed by atoms with Crippen LogP contribution in [-0.4, -0.2) is 61.7 Å². The van der Waals surface area contributed by atoms with Crippen LogP contribution in [0.2, 0.25) is 0 Å². The number of rotatable bonds is 6. The Kier molecular flexibility index (Phi) is 7.25. The molecule has 4 nitrogen and oxygen atoms in total. The van der Waals surface area contributed by atoms with Gasteiger partial charge >= 0.3 is 6.18 Å². The molecule has 1 aromatic rings. The summed E-state index contributed by atoms with van der Waals surface area (Å²) < 4.78 is 50.8. The van der Waals surface area contributed by atoms with Crippen molar-refractivity contribution in [2.45, 2.75) is 26.1 Å². The minimum Gasteiger partial charge on any atom is -0.357 e. The van der Waals surface area contributed by atoms with E-state index in [0.29, 0.717) is 45.1 Å². The Morgan fingerprint density at radius 3 is 2.81 bits per heavy atom. The molecular weight excluding hydrogens is 348 g/mol. The second-order valence-corrected chi connectivity index (χ2v) is 6.69. The SMILES string of the molecule is CCNC(=NCC1CCN(CC(F)(F)F)C1)N(C)Cc1cccc(F)c1. The third kappa shape index (κ3) is 6.82. The molecule has 1 heterocycles. The van der Waals surface area contributed by atoms with Crippen molar-refractivity contribution in [1.29, 1.82) is 0 Å². The first kappa shape index (κ1) is 20.5. The Hall–Kier alpha value is -1.83. The van der Waals surface area contributed by atoms with Gasteiger partial charge in [-0.25, -0.2) is 4.39 Å². The molecule has 1 aromatic carbocycles. The molecule has 0 radical (unpaired) electrons. The highest BCUT2D eigenvalue weighted by Crippen LogP contribution is 2.23. The first-order valence-corrected chi connectivity index (χ1v) is 8.80. The van der Waals surface area contributed by atoms with Crippen molar-refractivity contribution < 1.29 is 17.6 Å². The lowest BCUT2D eigenvalue weighted by molar-refractivity contribution is -0.143. The highest BCUT2D eigenvalue weighted by Gasteiger charge is 2.34. The highest BCUT2D eigenvalue weighted by molar-refractivity contribution is 5.79. The van der Waals surface area contributed by atoms with Gasteiger partial charge in [0, 0.05) is 33.2 Å². The summed E-state index contributed by atoms with van der Waals surface area (Å²) in [6.45, 7) is 3.61. The maximum Gasteiger partial charge on any atom is 0.401 e. The van der Waals surface area contributed by atoms with Crippen LogP contribution in [0.4, 0.5) is 17.6 Å². The standard InChI is InChI=1S/C18H26F4N4/c1-3-23-17(25(2)11-14-5-4-6-16(19)9-14)24-10-15-7-8-26(12-15)13-18(20,21)22/h4-6,9,15H,3,7-8,10-13H2,1-2H3,(H,23,24). The summed E-state index contributed by atoms with van der Waals surface area (Å²) in [6, 6.07) is 6.38. The van der Waals surface area contributed by atoms with E-state index in [1.54, 1.807) is 6.07 Å². The van der Waals surface area contributed by atoms with Crippen LogP contribution in [0.15, 0.2) is 29.3 Å². The van der Waals surface area contributed by atoms with E-state index in [-0.39, 0.29) is 11.7 Å². The van der Waals surface area contributed by atoms with Crippen molar-refractivity contribution in [2.24, 2.45) is 10.9 Å². The monoisotopic (exact) mass is 374 g/mol. The Bertz CT molecular complexity index is 603.